The molecule has 36 heavy (non-hydrogen) atoms. The molecule has 0 unspecified atom stereocenters. The highest BCUT2D eigenvalue weighted by atomic mass is 16.5. The molecular weight excluding hydrogens is 456 g/mol. The van der Waals surface area contributed by atoms with Gasteiger partial charge < -0.3 is 29.4 Å². The first-order chi connectivity index (χ1) is 17.6. The number of carbonyl (C=O) groups excluding carboxylic acids is 1. The molecule has 4 aromatic rings. The molecule has 0 aliphatic rings. The van der Waals surface area contributed by atoms with Crippen molar-refractivity contribution in [1.29, 1.82) is 0 Å². The van der Waals surface area contributed by atoms with Crippen molar-refractivity contribution in [1.82, 2.24) is 14.9 Å². The highest BCUT2D eigenvalue weighted by Crippen LogP contribution is 2.40. The van der Waals surface area contributed by atoms with Gasteiger partial charge in [-0.3, -0.25) is 4.79 Å². The van der Waals surface area contributed by atoms with Gasteiger partial charge in [-0.05, 0) is 36.6 Å². The fourth-order valence-electron chi connectivity index (χ4n) is 4.09. The van der Waals surface area contributed by atoms with E-state index in [-0.39, 0.29) is 5.91 Å². The number of fused-ring (bicyclic) bond motifs is 1. The molecule has 0 spiro atoms. The second-order valence-corrected chi connectivity index (χ2v) is 8.37. The van der Waals surface area contributed by atoms with Crippen molar-refractivity contribution in [3.8, 4) is 22.9 Å². The average Bonchev–Trinajstić information content (AvgIpc) is 3.33. The topological polar surface area (TPSA) is 86.6 Å². The second-order valence-electron chi connectivity index (χ2n) is 8.37. The first kappa shape index (κ1) is 24.9. The largest absolute Gasteiger partial charge is 0.493 e. The zero-order valence-electron chi connectivity index (χ0n) is 21.1. The summed E-state index contributed by atoms with van der Waals surface area (Å²) < 4.78 is 18.5. The van der Waals surface area contributed by atoms with E-state index in [9.17, 15) is 4.79 Å². The lowest BCUT2D eigenvalue weighted by Gasteiger charge is -2.15. The summed E-state index contributed by atoms with van der Waals surface area (Å²) in [6, 6.07) is 16.0. The summed E-state index contributed by atoms with van der Waals surface area (Å²) in [7, 11) is 4.75. The Bertz CT molecular complexity index is 1320. The Morgan fingerprint density at radius 2 is 1.78 bits per heavy atom. The molecule has 0 aliphatic carbocycles. The van der Waals surface area contributed by atoms with Gasteiger partial charge in [0.25, 0.3) is 0 Å². The van der Waals surface area contributed by atoms with Crippen LogP contribution in [0.5, 0.6) is 17.2 Å². The van der Waals surface area contributed by atoms with E-state index < -0.39 is 0 Å². The molecule has 2 aromatic carbocycles. The maximum Gasteiger partial charge on any atom is 0.220 e. The van der Waals surface area contributed by atoms with Gasteiger partial charge in [0, 0.05) is 60.3 Å². The maximum absolute atomic E-state index is 12.0. The van der Waals surface area contributed by atoms with E-state index in [0.29, 0.717) is 42.5 Å². The lowest BCUT2D eigenvalue weighted by Crippen LogP contribution is -2.24. The number of aryl methyl sites for hydroxylation is 1. The Morgan fingerprint density at radius 1 is 1.00 bits per heavy atom. The van der Waals surface area contributed by atoms with Gasteiger partial charge >= 0.3 is 0 Å². The first-order valence-corrected chi connectivity index (χ1v) is 12.0. The molecule has 4 rings (SSSR count). The number of carbonyl (C=O) groups is 1. The minimum absolute atomic E-state index is 0.0854. The Labute approximate surface area is 211 Å². The third kappa shape index (κ3) is 5.54. The molecule has 0 bridgehead atoms. The summed E-state index contributed by atoms with van der Waals surface area (Å²) in [5, 5.41) is 7.30. The minimum Gasteiger partial charge on any atom is -0.493 e. The molecule has 0 saturated carbocycles. The van der Waals surface area contributed by atoms with Gasteiger partial charge in [-0.15, -0.1) is 0 Å². The van der Waals surface area contributed by atoms with Crippen LogP contribution in [0.4, 0.5) is 11.5 Å². The molecule has 0 radical (unpaired) electrons. The molecule has 0 fully saturated rings. The van der Waals surface area contributed by atoms with E-state index in [1.165, 1.54) is 0 Å². The molecule has 2 aromatic heterocycles. The molecule has 0 saturated heterocycles. The van der Waals surface area contributed by atoms with Gasteiger partial charge in [0.2, 0.25) is 11.7 Å². The highest BCUT2D eigenvalue weighted by Gasteiger charge is 2.14. The van der Waals surface area contributed by atoms with E-state index in [2.05, 4.69) is 38.4 Å². The van der Waals surface area contributed by atoms with Crippen molar-refractivity contribution < 1.29 is 19.0 Å². The van der Waals surface area contributed by atoms with Gasteiger partial charge in [-0.1, -0.05) is 19.1 Å². The predicted molar refractivity (Wildman–Crippen MR) is 142 cm³/mol. The smallest absolute Gasteiger partial charge is 0.220 e. The standard InChI is InChI=1S/C28H32N4O4/c1-5-12-29-27(33)10-9-19-7-6-8-22(14-19)32-13-11-20-18-30-26(17-23(20)32)31-21-15-24(34-2)28(36-4)25(16-21)35-3/h6-8,11,13-18H,5,9-10,12H2,1-4H3,(H,29,33)(H,30,31). The normalized spacial score (nSPS) is 10.8. The molecule has 188 valence electrons. The van der Waals surface area contributed by atoms with E-state index in [1.54, 1.807) is 21.3 Å². The third-order valence-electron chi connectivity index (χ3n) is 5.91. The minimum atomic E-state index is 0.0854. The van der Waals surface area contributed by atoms with Crippen molar-refractivity contribution in [2.45, 2.75) is 26.2 Å². The van der Waals surface area contributed by atoms with E-state index in [0.717, 1.165) is 34.3 Å². The Hall–Kier alpha value is -4.20. The summed E-state index contributed by atoms with van der Waals surface area (Å²) in [6.07, 6.45) is 5.98. The summed E-state index contributed by atoms with van der Waals surface area (Å²) in [6.45, 7) is 2.76. The summed E-state index contributed by atoms with van der Waals surface area (Å²) in [5.41, 5.74) is 3.92. The van der Waals surface area contributed by atoms with Crippen LogP contribution in [0, 0.1) is 0 Å². The molecule has 1 amide bonds. The number of nitrogens with one attached hydrogen (secondary N) is 2. The maximum atomic E-state index is 12.0. The number of hydrogen-bond acceptors (Lipinski definition) is 6. The Balaban J connectivity index is 1.59. The van der Waals surface area contributed by atoms with Crippen LogP contribution in [0.25, 0.3) is 16.6 Å². The van der Waals surface area contributed by atoms with Crippen LogP contribution in [0.2, 0.25) is 0 Å². The highest BCUT2D eigenvalue weighted by molar-refractivity contribution is 5.84. The van der Waals surface area contributed by atoms with Crippen LogP contribution in [-0.2, 0) is 11.2 Å². The molecule has 8 nitrogen and oxygen atoms in total. The Morgan fingerprint density at radius 3 is 2.47 bits per heavy atom. The number of rotatable bonds is 11. The summed E-state index contributed by atoms with van der Waals surface area (Å²) in [4.78, 5) is 16.6. The van der Waals surface area contributed by atoms with Gasteiger partial charge in [0.1, 0.15) is 5.82 Å². The number of pyridine rings is 1. The fourth-order valence-corrected chi connectivity index (χ4v) is 4.09. The number of methoxy groups -OCH3 is 3. The zero-order chi connectivity index (χ0) is 25.5. The SMILES string of the molecule is CCCNC(=O)CCc1cccc(-n2ccc3cnc(Nc4cc(OC)c(OC)c(OC)c4)cc32)c1. The third-order valence-corrected chi connectivity index (χ3v) is 5.91. The van der Waals surface area contributed by atoms with Crippen molar-refractivity contribution >= 4 is 28.3 Å². The molecule has 8 heteroatoms. The van der Waals surface area contributed by atoms with Gasteiger partial charge in [0.15, 0.2) is 11.5 Å². The quantitative estimate of drug-likeness (QED) is 0.300. The van der Waals surface area contributed by atoms with Crippen LogP contribution in [0.1, 0.15) is 25.3 Å². The zero-order valence-corrected chi connectivity index (χ0v) is 21.1. The number of hydrogen-bond donors (Lipinski definition) is 2. The number of anilines is 2. The Kier molecular flexibility index (Phi) is 7.95. The van der Waals surface area contributed by atoms with Crippen LogP contribution < -0.4 is 24.8 Å². The molecule has 0 atom stereocenters. The number of ether oxygens (including phenoxy) is 3. The molecule has 2 N–H and O–H groups in total. The van der Waals surface area contributed by atoms with Crippen molar-refractivity contribution in [2.75, 3.05) is 33.2 Å². The number of amides is 1. The van der Waals surface area contributed by atoms with Crippen molar-refractivity contribution in [2.24, 2.45) is 0 Å². The van der Waals surface area contributed by atoms with E-state index in [4.69, 9.17) is 14.2 Å². The number of aromatic nitrogens is 2. The van der Waals surface area contributed by atoms with Crippen LogP contribution in [-0.4, -0.2) is 43.3 Å². The predicted octanol–water partition coefficient (Wildman–Crippen LogP) is 5.25. The number of nitrogens with zero attached hydrogens (tertiary/aromatic N) is 2. The molecule has 2 heterocycles. The van der Waals surface area contributed by atoms with Crippen molar-refractivity contribution in [3.63, 3.8) is 0 Å². The lowest BCUT2D eigenvalue weighted by atomic mass is 10.1. The summed E-state index contributed by atoms with van der Waals surface area (Å²) in [5.74, 6) is 2.42. The molecular formula is C28H32N4O4. The van der Waals surface area contributed by atoms with Gasteiger partial charge in [-0.2, -0.15) is 0 Å². The second kappa shape index (κ2) is 11.5. The fraction of sp³-hybridized carbons (Fsp3) is 0.286. The van der Waals surface area contributed by atoms with Crippen LogP contribution in [0.3, 0.4) is 0 Å². The first-order valence-electron chi connectivity index (χ1n) is 12.0. The summed E-state index contributed by atoms with van der Waals surface area (Å²) >= 11 is 0. The molecule has 0 aliphatic heterocycles. The van der Waals surface area contributed by atoms with E-state index >= 15 is 0 Å². The number of benzene rings is 2. The van der Waals surface area contributed by atoms with Crippen LogP contribution >= 0.6 is 0 Å². The van der Waals surface area contributed by atoms with Gasteiger partial charge in [-0.25, -0.2) is 4.98 Å². The van der Waals surface area contributed by atoms with Gasteiger partial charge in [0.05, 0.1) is 26.8 Å². The monoisotopic (exact) mass is 488 g/mol. The van der Waals surface area contributed by atoms with E-state index in [1.807, 2.05) is 49.6 Å². The lowest BCUT2D eigenvalue weighted by molar-refractivity contribution is -0.121. The van der Waals surface area contributed by atoms with Crippen molar-refractivity contribution in [3.05, 3.63) is 66.5 Å². The average molecular weight is 489 g/mol. The van der Waals surface area contributed by atoms with Crippen LogP contribution in [0.15, 0.2) is 60.9 Å².